The average Bonchev–Trinajstić information content (AvgIpc) is 2.28. The molecule has 0 spiro atoms. The smallest absolute Gasteiger partial charge is 0.269 e. The standard InChI is InChI=1S/C11H13FN2O4/c12-10-2-1-8(14(17)18)6-9(10)7(3-4-15)5-11(13)16/h1-2,6-7,15H,3-5H2,(H2,13,16). The molecule has 1 rings (SSSR count). The van der Waals surface area contributed by atoms with Crippen LogP contribution in [0.5, 0.6) is 0 Å². The predicted molar refractivity (Wildman–Crippen MR) is 61.3 cm³/mol. The Balaban J connectivity index is 3.12. The molecule has 1 aromatic rings. The monoisotopic (exact) mass is 256 g/mol. The van der Waals surface area contributed by atoms with Crippen molar-refractivity contribution in [2.45, 2.75) is 18.8 Å². The number of primary amides is 1. The highest BCUT2D eigenvalue weighted by Crippen LogP contribution is 2.28. The van der Waals surface area contributed by atoms with Crippen LogP contribution in [0.3, 0.4) is 0 Å². The molecule has 18 heavy (non-hydrogen) atoms. The van der Waals surface area contributed by atoms with E-state index in [1.165, 1.54) is 0 Å². The van der Waals surface area contributed by atoms with Crippen molar-refractivity contribution in [1.82, 2.24) is 0 Å². The van der Waals surface area contributed by atoms with Crippen LogP contribution < -0.4 is 5.73 Å². The van der Waals surface area contributed by atoms with Crippen molar-refractivity contribution in [3.8, 4) is 0 Å². The second-order valence-corrected chi connectivity index (χ2v) is 3.84. The second kappa shape index (κ2) is 6.06. The van der Waals surface area contributed by atoms with Gasteiger partial charge in [-0.2, -0.15) is 0 Å². The molecule has 0 aliphatic rings. The molecule has 0 aromatic heterocycles. The first-order chi connectivity index (χ1) is 8.45. The highest BCUT2D eigenvalue weighted by molar-refractivity contribution is 5.74. The van der Waals surface area contributed by atoms with Crippen LogP contribution in [0.4, 0.5) is 10.1 Å². The van der Waals surface area contributed by atoms with Gasteiger partial charge < -0.3 is 10.8 Å². The average molecular weight is 256 g/mol. The fourth-order valence-corrected chi connectivity index (χ4v) is 1.72. The maximum atomic E-state index is 13.6. The summed E-state index contributed by atoms with van der Waals surface area (Å²) in [5.41, 5.74) is 4.79. The maximum Gasteiger partial charge on any atom is 0.269 e. The Morgan fingerprint density at radius 3 is 2.72 bits per heavy atom. The fourth-order valence-electron chi connectivity index (χ4n) is 1.72. The highest BCUT2D eigenvalue weighted by atomic mass is 19.1. The number of carbonyl (C=O) groups excluding carboxylic acids is 1. The minimum atomic E-state index is -0.660. The van der Waals surface area contributed by atoms with Gasteiger partial charge in [0.2, 0.25) is 5.91 Å². The molecule has 3 N–H and O–H groups in total. The van der Waals surface area contributed by atoms with Gasteiger partial charge in [-0.05, 0) is 24.0 Å². The first-order valence-electron chi connectivity index (χ1n) is 5.28. The number of nitrogens with zero attached hydrogens (tertiary/aromatic N) is 1. The van der Waals surface area contributed by atoms with Crippen molar-refractivity contribution in [2.24, 2.45) is 5.73 Å². The summed E-state index contributed by atoms with van der Waals surface area (Å²) in [7, 11) is 0. The van der Waals surface area contributed by atoms with E-state index in [9.17, 15) is 19.3 Å². The van der Waals surface area contributed by atoms with Crippen LogP contribution >= 0.6 is 0 Å². The fraction of sp³-hybridized carbons (Fsp3) is 0.364. The van der Waals surface area contributed by atoms with Gasteiger partial charge in [0.1, 0.15) is 5.82 Å². The topological polar surface area (TPSA) is 106 Å². The first kappa shape index (κ1) is 14.0. The van der Waals surface area contributed by atoms with Crippen molar-refractivity contribution in [2.75, 3.05) is 6.61 Å². The van der Waals surface area contributed by atoms with Gasteiger partial charge in [0, 0.05) is 25.2 Å². The molecule has 0 fully saturated rings. The molecular formula is C11H13FN2O4. The number of carbonyl (C=O) groups is 1. The lowest BCUT2D eigenvalue weighted by atomic mass is 9.91. The van der Waals surface area contributed by atoms with Gasteiger partial charge in [0.15, 0.2) is 0 Å². The van der Waals surface area contributed by atoms with E-state index in [0.29, 0.717) is 0 Å². The van der Waals surface area contributed by atoms with E-state index in [1.807, 2.05) is 0 Å². The van der Waals surface area contributed by atoms with Gasteiger partial charge in [-0.25, -0.2) is 4.39 Å². The summed E-state index contributed by atoms with van der Waals surface area (Å²) in [5, 5.41) is 19.5. The molecule has 1 atom stereocenters. The number of aliphatic hydroxyl groups is 1. The van der Waals surface area contributed by atoms with E-state index in [0.717, 1.165) is 18.2 Å². The maximum absolute atomic E-state index is 13.6. The normalized spacial score (nSPS) is 12.1. The molecule has 1 aromatic carbocycles. The molecule has 0 saturated heterocycles. The molecule has 1 amide bonds. The second-order valence-electron chi connectivity index (χ2n) is 3.84. The summed E-state index contributed by atoms with van der Waals surface area (Å²) in [4.78, 5) is 20.8. The number of hydrogen-bond donors (Lipinski definition) is 2. The number of amides is 1. The van der Waals surface area contributed by atoms with Gasteiger partial charge >= 0.3 is 0 Å². The summed E-state index contributed by atoms with van der Waals surface area (Å²) in [5.74, 6) is -1.97. The zero-order valence-corrected chi connectivity index (χ0v) is 9.51. The van der Waals surface area contributed by atoms with E-state index < -0.39 is 22.6 Å². The van der Waals surface area contributed by atoms with Crippen LogP contribution in [0, 0.1) is 15.9 Å². The third-order valence-electron chi connectivity index (χ3n) is 2.56. The van der Waals surface area contributed by atoms with E-state index in [4.69, 9.17) is 10.8 Å². The SMILES string of the molecule is NC(=O)CC(CCO)c1cc([N+](=O)[O-])ccc1F. The molecule has 0 radical (unpaired) electrons. The van der Waals surface area contributed by atoms with Crippen molar-refractivity contribution >= 4 is 11.6 Å². The molecule has 7 heteroatoms. The Hall–Kier alpha value is -2.02. The van der Waals surface area contributed by atoms with Gasteiger partial charge in [-0.15, -0.1) is 0 Å². The van der Waals surface area contributed by atoms with E-state index in [2.05, 4.69) is 0 Å². The highest BCUT2D eigenvalue weighted by Gasteiger charge is 2.20. The molecule has 0 bridgehead atoms. The minimum Gasteiger partial charge on any atom is -0.396 e. The molecule has 1 unspecified atom stereocenters. The Labute approximate surface area is 102 Å². The number of nitro benzene ring substituents is 1. The Morgan fingerprint density at radius 2 is 2.22 bits per heavy atom. The van der Waals surface area contributed by atoms with Crippen molar-refractivity contribution in [3.63, 3.8) is 0 Å². The van der Waals surface area contributed by atoms with Crippen LogP contribution in [-0.4, -0.2) is 22.5 Å². The lowest BCUT2D eigenvalue weighted by Crippen LogP contribution is -2.17. The number of nitro groups is 1. The van der Waals surface area contributed by atoms with Crippen molar-refractivity contribution < 1.29 is 19.2 Å². The number of benzene rings is 1. The Bertz CT molecular complexity index is 464. The van der Waals surface area contributed by atoms with Crippen LogP contribution in [0.1, 0.15) is 24.3 Å². The quantitative estimate of drug-likeness (QED) is 0.586. The molecule has 0 aliphatic heterocycles. The first-order valence-corrected chi connectivity index (χ1v) is 5.28. The third kappa shape index (κ3) is 3.49. The summed E-state index contributed by atoms with van der Waals surface area (Å²) >= 11 is 0. The number of nitrogens with two attached hydrogens (primary N) is 1. The molecule has 6 nitrogen and oxygen atoms in total. The summed E-state index contributed by atoms with van der Waals surface area (Å²) in [6, 6.07) is 3.08. The zero-order valence-electron chi connectivity index (χ0n) is 9.51. The van der Waals surface area contributed by atoms with Crippen LogP contribution in [-0.2, 0) is 4.79 Å². The lowest BCUT2D eigenvalue weighted by molar-refractivity contribution is -0.385. The Kier molecular flexibility index (Phi) is 4.73. The molecular weight excluding hydrogens is 243 g/mol. The number of aliphatic hydroxyl groups excluding tert-OH is 1. The van der Waals surface area contributed by atoms with Gasteiger partial charge in [0.05, 0.1) is 4.92 Å². The zero-order chi connectivity index (χ0) is 13.7. The number of halogens is 1. The van der Waals surface area contributed by atoms with Crippen molar-refractivity contribution in [1.29, 1.82) is 0 Å². The van der Waals surface area contributed by atoms with Crippen LogP contribution in [0.25, 0.3) is 0 Å². The third-order valence-corrected chi connectivity index (χ3v) is 2.56. The van der Waals surface area contributed by atoms with Gasteiger partial charge in [0.25, 0.3) is 5.69 Å². The van der Waals surface area contributed by atoms with Crippen molar-refractivity contribution in [3.05, 3.63) is 39.7 Å². The summed E-state index contributed by atoms with van der Waals surface area (Å²) in [6.07, 6.45) is -0.0559. The predicted octanol–water partition coefficient (Wildman–Crippen LogP) is 1.08. The summed E-state index contributed by atoms with van der Waals surface area (Å²) < 4.78 is 13.6. The van der Waals surface area contributed by atoms with Gasteiger partial charge in [-0.3, -0.25) is 14.9 Å². The summed E-state index contributed by atoms with van der Waals surface area (Å²) in [6.45, 7) is -0.264. The number of non-ortho nitro benzene ring substituents is 1. The lowest BCUT2D eigenvalue weighted by Gasteiger charge is -2.14. The largest absolute Gasteiger partial charge is 0.396 e. The molecule has 0 aliphatic carbocycles. The number of hydrogen-bond acceptors (Lipinski definition) is 4. The van der Waals surface area contributed by atoms with Crippen LogP contribution in [0.15, 0.2) is 18.2 Å². The minimum absolute atomic E-state index is 0.0250. The van der Waals surface area contributed by atoms with Gasteiger partial charge in [-0.1, -0.05) is 0 Å². The van der Waals surface area contributed by atoms with E-state index in [-0.39, 0.29) is 30.7 Å². The Morgan fingerprint density at radius 1 is 1.56 bits per heavy atom. The van der Waals surface area contributed by atoms with E-state index >= 15 is 0 Å². The molecule has 0 saturated carbocycles. The number of rotatable bonds is 6. The van der Waals surface area contributed by atoms with Crippen LogP contribution in [0.2, 0.25) is 0 Å². The van der Waals surface area contributed by atoms with E-state index in [1.54, 1.807) is 0 Å². The molecule has 0 heterocycles. The molecule has 98 valence electrons.